The van der Waals surface area contributed by atoms with E-state index in [0.29, 0.717) is 12.6 Å². The van der Waals surface area contributed by atoms with Crippen molar-refractivity contribution in [1.82, 2.24) is 9.80 Å². The minimum Gasteiger partial charge on any atom is -0.385 e. The second-order valence-electron chi connectivity index (χ2n) is 7.25. The molecule has 1 amide bonds. The fraction of sp³-hybridized carbons (Fsp3) is 0.650. The molecule has 1 aliphatic rings. The lowest BCUT2D eigenvalue weighted by Gasteiger charge is -2.37. The third-order valence-electron chi connectivity index (χ3n) is 5.42. The van der Waals surface area contributed by atoms with E-state index in [4.69, 9.17) is 10.5 Å². The fourth-order valence-corrected chi connectivity index (χ4v) is 3.38. The molecule has 0 bridgehead atoms. The minimum absolute atomic E-state index is 0.117. The molecule has 0 spiro atoms. The van der Waals surface area contributed by atoms with Crippen molar-refractivity contribution in [2.24, 2.45) is 5.73 Å². The van der Waals surface area contributed by atoms with Crippen molar-refractivity contribution in [1.29, 1.82) is 0 Å². The number of nitrogens with two attached hydrogens (primary N) is 1. The summed E-state index contributed by atoms with van der Waals surface area (Å²) in [6.45, 7) is 10.6. The van der Waals surface area contributed by atoms with E-state index in [9.17, 15) is 4.79 Å². The molecule has 5 heteroatoms. The number of hydrogen-bond acceptors (Lipinski definition) is 4. The molecule has 0 aromatic heterocycles. The van der Waals surface area contributed by atoms with Crippen LogP contribution in [0, 0.1) is 0 Å². The molecule has 25 heavy (non-hydrogen) atoms. The van der Waals surface area contributed by atoms with E-state index in [1.165, 1.54) is 0 Å². The topological polar surface area (TPSA) is 58.8 Å². The average Bonchev–Trinajstić information content (AvgIpc) is 2.65. The number of rotatable bonds is 7. The van der Waals surface area contributed by atoms with Gasteiger partial charge in [-0.05, 0) is 44.4 Å². The number of nitrogens with zero attached hydrogens (tertiary/aromatic N) is 2. The highest BCUT2D eigenvalue weighted by Crippen LogP contribution is 2.26. The Morgan fingerprint density at radius 2 is 1.80 bits per heavy atom. The summed E-state index contributed by atoms with van der Waals surface area (Å²) in [5.74, 6) is 0.117. The van der Waals surface area contributed by atoms with E-state index in [-0.39, 0.29) is 5.91 Å². The largest absolute Gasteiger partial charge is 0.385 e. The Bertz CT molecular complexity index is 551. The summed E-state index contributed by atoms with van der Waals surface area (Å²) in [5, 5.41) is 0. The molecule has 0 aliphatic carbocycles. The first kappa shape index (κ1) is 19.9. The summed E-state index contributed by atoms with van der Waals surface area (Å²) in [6, 6.07) is 8.36. The SMILES string of the molecule is CCC(N)(CCOC)c1ccc(C(=O)N2CCN(C(C)C)CC2)cc1. The highest BCUT2D eigenvalue weighted by molar-refractivity contribution is 5.94. The lowest BCUT2D eigenvalue weighted by atomic mass is 9.85. The van der Waals surface area contributed by atoms with Crippen LogP contribution in [0.15, 0.2) is 24.3 Å². The first-order chi connectivity index (χ1) is 11.9. The molecular formula is C20H33N3O2. The van der Waals surface area contributed by atoms with Gasteiger partial charge in [0.25, 0.3) is 5.91 Å². The molecule has 1 unspecified atom stereocenters. The highest BCUT2D eigenvalue weighted by atomic mass is 16.5. The van der Waals surface area contributed by atoms with Crippen LogP contribution in [-0.4, -0.2) is 61.6 Å². The van der Waals surface area contributed by atoms with Crippen molar-refractivity contribution in [3.05, 3.63) is 35.4 Å². The van der Waals surface area contributed by atoms with Gasteiger partial charge in [0.2, 0.25) is 0 Å². The summed E-state index contributed by atoms with van der Waals surface area (Å²) in [7, 11) is 1.69. The van der Waals surface area contributed by atoms with Crippen molar-refractivity contribution in [2.45, 2.75) is 45.2 Å². The summed E-state index contributed by atoms with van der Waals surface area (Å²) in [6.07, 6.45) is 1.60. The molecule has 0 saturated carbocycles. The zero-order chi connectivity index (χ0) is 18.4. The Morgan fingerprint density at radius 1 is 1.20 bits per heavy atom. The van der Waals surface area contributed by atoms with E-state index in [2.05, 4.69) is 25.7 Å². The van der Waals surface area contributed by atoms with Crippen LogP contribution in [-0.2, 0) is 10.3 Å². The van der Waals surface area contributed by atoms with Gasteiger partial charge in [-0.25, -0.2) is 0 Å². The van der Waals surface area contributed by atoms with Crippen LogP contribution < -0.4 is 5.73 Å². The third-order valence-corrected chi connectivity index (χ3v) is 5.42. The Morgan fingerprint density at radius 3 is 2.28 bits per heavy atom. The van der Waals surface area contributed by atoms with Gasteiger partial charge in [0, 0.05) is 57.0 Å². The molecule has 5 nitrogen and oxygen atoms in total. The first-order valence-corrected chi connectivity index (χ1v) is 9.33. The molecule has 1 fully saturated rings. The van der Waals surface area contributed by atoms with E-state index in [1.54, 1.807) is 7.11 Å². The van der Waals surface area contributed by atoms with Crippen LogP contribution in [0.5, 0.6) is 0 Å². The van der Waals surface area contributed by atoms with Crippen LogP contribution in [0.1, 0.15) is 49.5 Å². The summed E-state index contributed by atoms with van der Waals surface area (Å²) in [4.78, 5) is 17.1. The Hall–Kier alpha value is -1.43. The van der Waals surface area contributed by atoms with Gasteiger partial charge in [0.05, 0.1) is 0 Å². The van der Waals surface area contributed by atoms with Crippen molar-refractivity contribution >= 4 is 5.91 Å². The third kappa shape index (κ3) is 4.81. The summed E-state index contributed by atoms with van der Waals surface area (Å²) in [5.41, 5.74) is 7.94. The number of hydrogen-bond donors (Lipinski definition) is 1. The van der Waals surface area contributed by atoms with Crippen molar-refractivity contribution in [3.63, 3.8) is 0 Å². The van der Waals surface area contributed by atoms with Crippen LogP contribution in [0.3, 0.4) is 0 Å². The summed E-state index contributed by atoms with van der Waals surface area (Å²) < 4.78 is 5.18. The van der Waals surface area contributed by atoms with Crippen LogP contribution >= 0.6 is 0 Å². The molecule has 0 radical (unpaired) electrons. The van der Waals surface area contributed by atoms with E-state index < -0.39 is 5.54 Å². The van der Waals surface area contributed by atoms with Gasteiger partial charge >= 0.3 is 0 Å². The lowest BCUT2D eigenvalue weighted by molar-refractivity contribution is 0.0595. The van der Waals surface area contributed by atoms with Crippen molar-refractivity contribution in [2.75, 3.05) is 39.9 Å². The van der Waals surface area contributed by atoms with Crippen LogP contribution in [0.4, 0.5) is 0 Å². The maximum atomic E-state index is 12.7. The molecule has 1 saturated heterocycles. The second-order valence-corrected chi connectivity index (χ2v) is 7.25. The second kappa shape index (κ2) is 8.79. The van der Waals surface area contributed by atoms with Crippen LogP contribution in [0.2, 0.25) is 0 Å². The molecule has 1 heterocycles. The normalized spacial score (nSPS) is 18.4. The van der Waals surface area contributed by atoms with Gasteiger partial charge in [-0.3, -0.25) is 9.69 Å². The molecule has 2 N–H and O–H groups in total. The zero-order valence-corrected chi connectivity index (χ0v) is 16.1. The van der Waals surface area contributed by atoms with E-state index in [1.807, 2.05) is 29.2 Å². The Kier molecular flexibility index (Phi) is 6.99. The Balaban J connectivity index is 2.03. The average molecular weight is 348 g/mol. The maximum Gasteiger partial charge on any atom is 0.253 e. The molecule has 140 valence electrons. The molecule has 2 rings (SSSR count). The highest BCUT2D eigenvalue weighted by Gasteiger charge is 2.26. The van der Waals surface area contributed by atoms with E-state index >= 15 is 0 Å². The lowest BCUT2D eigenvalue weighted by Crippen LogP contribution is -2.50. The van der Waals surface area contributed by atoms with Crippen LogP contribution in [0.25, 0.3) is 0 Å². The number of benzene rings is 1. The van der Waals surface area contributed by atoms with Gasteiger partial charge in [-0.1, -0.05) is 19.1 Å². The molecule has 1 atom stereocenters. The smallest absolute Gasteiger partial charge is 0.253 e. The minimum atomic E-state index is -0.402. The fourth-order valence-electron chi connectivity index (χ4n) is 3.38. The van der Waals surface area contributed by atoms with Gasteiger partial charge in [-0.2, -0.15) is 0 Å². The number of carbonyl (C=O) groups is 1. The van der Waals surface area contributed by atoms with E-state index in [0.717, 1.165) is 50.1 Å². The standard InChI is InChI=1S/C20H33N3O2/c1-5-20(21,10-15-25-4)18-8-6-17(7-9-18)19(24)23-13-11-22(12-14-23)16(2)3/h6-9,16H,5,10-15,21H2,1-4H3. The summed E-state index contributed by atoms with van der Waals surface area (Å²) >= 11 is 0. The number of piperazine rings is 1. The monoisotopic (exact) mass is 347 g/mol. The van der Waals surface area contributed by atoms with Crippen molar-refractivity contribution in [3.8, 4) is 0 Å². The molecule has 1 aromatic carbocycles. The number of ether oxygens (including phenoxy) is 1. The van der Waals surface area contributed by atoms with Gasteiger partial charge in [0.15, 0.2) is 0 Å². The predicted octanol–water partition coefficient (Wildman–Crippen LogP) is 2.45. The number of carbonyl (C=O) groups excluding carboxylic acids is 1. The zero-order valence-electron chi connectivity index (χ0n) is 16.1. The Labute approximate surface area is 152 Å². The number of amides is 1. The van der Waals surface area contributed by atoms with Gasteiger partial charge < -0.3 is 15.4 Å². The quantitative estimate of drug-likeness (QED) is 0.823. The van der Waals surface area contributed by atoms with Crippen molar-refractivity contribution < 1.29 is 9.53 Å². The predicted molar refractivity (Wildman–Crippen MR) is 102 cm³/mol. The molecule has 1 aliphatic heterocycles. The molecule has 1 aromatic rings. The van der Waals surface area contributed by atoms with Gasteiger partial charge in [-0.15, -0.1) is 0 Å². The maximum absolute atomic E-state index is 12.7. The number of methoxy groups -OCH3 is 1. The first-order valence-electron chi connectivity index (χ1n) is 9.33. The molecular weight excluding hydrogens is 314 g/mol. The van der Waals surface area contributed by atoms with Gasteiger partial charge in [0.1, 0.15) is 0 Å².